The third-order valence-electron chi connectivity index (χ3n) is 5.03. The Bertz CT molecular complexity index is 1460. The fraction of sp³-hybridized carbons (Fsp3) is 0.261. The number of aryl methyl sites for hydroxylation is 2. The number of amides is 1. The van der Waals surface area contributed by atoms with E-state index >= 15 is 0 Å². The molecule has 13 heteroatoms. The summed E-state index contributed by atoms with van der Waals surface area (Å²) in [6, 6.07) is 12.3. The van der Waals surface area contributed by atoms with E-state index in [9.17, 15) is 21.6 Å². The average Bonchev–Trinajstić information content (AvgIpc) is 2.75. The van der Waals surface area contributed by atoms with Crippen molar-refractivity contribution >= 4 is 54.9 Å². The van der Waals surface area contributed by atoms with E-state index in [2.05, 4.69) is 20.0 Å². The molecular formula is C23H26ClN5O5S2. The minimum atomic E-state index is -3.97. The molecule has 0 bridgehead atoms. The van der Waals surface area contributed by atoms with Gasteiger partial charge in [0.1, 0.15) is 6.04 Å². The fourth-order valence-corrected chi connectivity index (χ4v) is 5.90. The van der Waals surface area contributed by atoms with Gasteiger partial charge in [-0.1, -0.05) is 24.6 Å². The number of nitrogens with zero attached hydrogens (tertiary/aromatic N) is 3. The molecule has 1 amide bonds. The lowest BCUT2D eigenvalue weighted by atomic mass is 10.2. The smallest absolute Gasteiger partial charge is 0.264 e. The number of carbonyl (C=O) groups excluding carboxylic acids is 1. The van der Waals surface area contributed by atoms with Gasteiger partial charge in [0.15, 0.2) is 0 Å². The molecule has 0 fully saturated rings. The van der Waals surface area contributed by atoms with Gasteiger partial charge in [-0.25, -0.2) is 31.5 Å². The van der Waals surface area contributed by atoms with E-state index < -0.39 is 32.0 Å². The molecule has 0 aliphatic heterocycles. The van der Waals surface area contributed by atoms with Crippen LogP contribution in [0.15, 0.2) is 59.5 Å². The summed E-state index contributed by atoms with van der Waals surface area (Å²) in [6.45, 7) is 5.14. The first-order valence-corrected chi connectivity index (χ1v) is 14.5. The Morgan fingerprint density at radius 1 is 1.00 bits per heavy atom. The number of aromatic nitrogens is 2. The number of carbonyl (C=O) groups is 1. The minimum Gasteiger partial charge on any atom is -0.324 e. The second kappa shape index (κ2) is 10.8. The van der Waals surface area contributed by atoms with Crippen molar-refractivity contribution in [3.63, 3.8) is 0 Å². The van der Waals surface area contributed by atoms with E-state index in [0.29, 0.717) is 22.1 Å². The van der Waals surface area contributed by atoms with Gasteiger partial charge >= 0.3 is 0 Å². The van der Waals surface area contributed by atoms with Crippen molar-refractivity contribution in [1.82, 2.24) is 9.97 Å². The highest BCUT2D eigenvalue weighted by Gasteiger charge is 2.31. The minimum absolute atomic E-state index is 0.0439. The van der Waals surface area contributed by atoms with Crippen molar-refractivity contribution in [3.05, 3.63) is 71.0 Å². The first-order valence-electron chi connectivity index (χ1n) is 10.8. The van der Waals surface area contributed by atoms with Crippen molar-refractivity contribution in [3.8, 4) is 0 Å². The predicted octanol–water partition coefficient (Wildman–Crippen LogP) is 3.73. The van der Waals surface area contributed by atoms with E-state index in [1.54, 1.807) is 45.0 Å². The molecule has 0 saturated heterocycles. The van der Waals surface area contributed by atoms with Crippen LogP contribution in [0.2, 0.25) is 5.02 Å². The lowest BCUT2D eigenvalue weighted by Crippen LogP contribution is -2.47. The Hall–Kier alpha value is -3.22. The molecule has 36 heavy (non-hydrogen) atoms. The molecule has 3 aromatic rings. The Morgan fingerprint density at radius 2 is 1.61 bits per heavy atom. The van der Waals surface area contributed by atoms with E-state index in [1.165, 1.54) is 30.3 Å². The molecule has 2 N–H and O–H groups in total. The number of sulfonamides is 2. The molecule has 192 valence electrons. The van der Waals surface area contributed by atoms with Crippen molar-refractivity contribution in [2.75, 3.05) is 20.6 Å². The van der Waals surface area contributed by atoms with E-state index in [0.717, 1.165) is 10.6 Å². The van der Waals surface area contributed by atoms with Crippen LogP contribution in [0.1, 0.15) is 24.7 Å². The van der Waals surface area contributed by atoms with Gasteiger partial charge in [0.2, 0.25) is 21.9 Å². The van der Waals surface area contributed by atoms with Gasteiger partial charge in [0.05, 0.1) is 16.8 Å². The molecule has 0 spiro atoms. The zero-order chi connectivity index (χ0) is 26.7. The lowest BCUT2D eigenvalue weighted by molar-refractivity contribution is -0.117. The maximum Gasteiger partial charge on any atom is 0.264 e. The van der Waals surface area contributed by atoms with E-state index in [-0.39, 0.29) is 23.0 Å². The summed E-state index contributed by atoms with van der Waals surface area (Å²) in [5, 5.41) is 2.98. The van der Waals surface area contributed by atoms with Gasteiger partial charge in [0.25, 0.3) is 10.0 Å². The number of hydrogen-bond donors (Lipinski definition) is 2. The normalized spacial score (nSPS) is 12.6. The van der Waals surface area contributed by atoms with Gasteiger partial charge < -0.3 is 5.32 Å². The van der Waals surface area contributed by atoms with Crippen LogP contribution >= 0.6 is 11.6 Å². The molecule has 0 radical (unpaired) electrons. The lowest BCUT2D eigenvalue weighted by Gasteiger charge is -2.30. The standard InChI is InChI=1S/C23H26ClN5O5S2/c1-5-21(29(35(4,31)32)19-8-6-7-17(24)14-19)22(30)27-18-9-11-20(12-10-18)36(33,34)28-23-25-15(2)13-16(3)26-23/h6-14,21H,5H2,1-4H3,(H,27,30)(H,25,26,28)/t21-/m0/s1. The van der Waals surface area contributed by atoms with E-state index in [1.807, 2.05) is 0 Å². The highest BCUT2D eigenvalue weighted by molar-refractivity contribution is 7.92. The maximum absolute atomic E-state index is 13.1. The fourth-order valence-electron chi connectivity index (χ4n) is 3.57. The summed E-state index contributed by atoms with van der Waals surface area (Å²) in [5.41, 5.74) is 1.78. The van der Waals surface area contributed by atoms with Gasteiger partial charge in [-0.05, 0) is 68.8 Å². The number of benzene rings is 2. The van der Waals surface area contributed by atoms with E-state index in [4.69, 9.17) is 11.6 Å². The highest BCUT2D eigenvalue weighted by Crippen LogP contribution is 2.26. The molecule has 1 heterocycles. The molecule has 10 nitrogen and oxygen atoms in total. The highest BCUT2D eigenvalue weighted by atomic mass is 35.5. The topological polar surface area (TPSA) is 138 Å². The Kier molecular flexibility index (Phi) is 8.22. The van der Waals surface area contributed by atoms with Gasteiger partial charge in [-0.15, -0.1) is 0 Å². The maximum atomic E-state index is 13.1. The molecule has 3 rings (SSSR count). The number of hydrogen-bond acceptors (Lipinski definition) is 7. The van der Waals surface area contributed by atoms with Crippen LogP contribution in [0.4, 0.5) is 17.3 Å². The zero-order valence-corrected chi connectivity index (χ0v) is 22.4. The van der Waals surface area contributed by atoms with Crippen LogP contribution in [0.25, 0.3) is 0 Å². The van der Waals surface area contributed by atoms with Crippen molar-refractivity contribution in [2.45, 2.75) is 38.1 Å². The quantitative estimate of drug-likeness (QED) is 0.413. The Labute approximate surface area is 215 Å². The first kappa shape index (κ1) is 27.4. The van der Waals surface area contributed by atoms with Gasteiger partial charge in [0, 0.05) is 22.1 Å². The van der Waals surface area contributed by atoms with Gasteiger partial charge in [-0.3, -0.25) is 9.10 Å². The Balaban J connectivity index is 1.81. The third kappa shape index (κ3) is 6.71. The molecule has 2 aromatic carbocycles. The number of halogens is 1. The van der Waals surface area contributed by atoms with Crippen LogP contribution in [-0.4, -0.2) is 45.0 Å². The van der Waals surface area contributed by atoms with Crippen molar-refractivity contribution < 1.29 is 21.6 Å². The summed E-state index contributed by atoms with van der Waals surface area (Å²) < 4.78 is 54.0. The predicted molar refractivity (Wildman–Crippen MR) is 140 cm³/mol. The average molecular weight is 552 g/mol. The third-order valence-corrected chi connectivity index (χ3v) is 7.79. The second-order valence-electron chi connectivity index (χ2n) is 8.06. The molecule has 1 atom stereocenters. The molecular weight excluding hydrogens is 526 g/mol. The molecule has 0 unspecified atom stereocenters. The van der Waals surface area contributed by atoms with Crippen LogP contribution in [-0.2, 0) is 24.8 Å². The van der Waals surface area contributed by atoms with Crippen LogP contribution in [0.3, 0.4) is 0 Å². The number of nitrogens with one attached hydrogen (secondary N) is 2. The molecule has 1 aromatic heterocycles. The summed E-state index contributed by atoms with van der Waals surface area (Å²) >= 11 is 6.03. The second-order valence-corrected chi connectivity index (χ2v) is 12.0. The van der Waals surface area contributed by atoms with Crippen LogP contribution in [0.5, 0.6) is 0 Å². The number of anilines is 3. The summed E-state index contributed by atoms with van der Waals surface area (Å²) in [5.74, 6) is -0.627. The van der Waals surface area contributed by atoms with Crippen LogP contribution in [0, 0.1) is 13.8 Å². The SMILES string of the molecule is CC[C@@H](C(=O)Nc1ccc(S(=O)(=O)Nc2nc(C)cc(C)n2)cc1)N(c1cccc(Cl)c1)S(C)(=O)=O. The first-order chi connectivity index (χ1) is 16.8. The summed E-state index contributed by atoms with van der Waals surface area (Å²) in [6.07, 6.45) is 1.19. The van der Waals surface area contributed by atoms with Crippen molar-refractivity contribution in [1.29, 1.82) is 0 Å². The van der Waals surface area contributed by atoms with Crippen LogP contribution < -0.4 is 14.3 Å². The zero-order valence-electron chi connectivity index (χ0n) is 20.1. The summed E-state index contributed by atoms with van der Waals surface area (Å²) in [4.78, 5) is 21.2. The Morgan fingerprint density at radius 3 is 2.14 bits per heavy atom. The number of rotatable bonds is 9. The van der Waals surface area contributed by atoms with Crippen molar-refractivity contribution in [2.24, 2.45) is 0 Å². The summed E-state index contributed by atoms with van der Waals surface area (Å²) in [7, 11) is -7.80. The molecule has 0 saturated carbocycles. The monoisotopic (exact) mass is 551 g/mol. The molecule has 0 aliphatic rings. The van der Waals surface area contributed by atoms with Gasteiger partial charge in [-0.2, -0.15) is 0 Å². The largest absolute Gasteiger partial charge is 0.324 e. The molecule has 0 aliphatic carbocycles.